The molecule has 0 aliphatic heterocycles. The molecule has 4 N–H and O–H groups in total. The fourth-order valence-electron chi connectivity index (χ4n) is 1.55. The summed E-state index contributed by atoms with van der Waals surface area (Å²) in [5, 5.41) is 7.56. The Morgan fingerprint density at radius 2 is 2.05 bits per heavy atom. The summed E-state index contributed by atoms with van der Waals surface area (Å²) in [5.41, 5.74) is 6.82. The van der Waals surface area contributed by atoms with E-state index in [0.29, 0.717) is 28.6 Å². The number of carbonyl (C=O) groups excluding carboxylic acids is 2. The van der Waals surface area contributed by atoms with Crippen LogP contribution in [0.15, 0.2) is 29.6 Å². The largest absolute Gasteiger partial charge is 0.453 e. The molecule has 0 bridgehead atoms. The van der Waals surface area contributed by atoms with Crippen LogP contribution in [0.3, 0.4) is 0 Å². The molecular weight excluding hydrogens is 292 g/mol. The number of anilines is 2. The van der Waals surface area contributed by atoms with Gasteiger partial charge in [0.05, 0.1) is 7.11 Å². The molecule has 0 unspecified atom stereocenters. The van der Waals surface area contributed by atoms with Crippen molar-refractivity contribution in [2.75, 3.05) is 17.7 Å². The summed E-state index contributed by atoms with van der Waals surface area (Å²) < 4.78 is 4.50. The van der Waals surface area contributed by atoms with E-state index < -0.39 is 6.09 Å². The van der Waals surface area contributed by atoms with Crippen LogP contribution in [0, 0.1) is 0 Å². The van der Waals surface area contributed by atoms with Crippen LogP contribution in [-0.4, -0.2) is 24.1 Å². The van der Waals surface area contributed by atoms with Crippen LogP contribution in [0.1, 0.15) is 15.5 Å². The minimum absolute atomic E-state index is 0.302. The van der Waals surface area contributed by atoms with Crippen molar-refractivity contribution in [1.82, 2.24) is 4.98 Å². The average Bonchev–Trinajstić information content (AvgIpc) is 2.96. The first-order valence-electron chi connectivity index (χ1n) is 6.03. The van der Waals surface area contributed by atoms with Crippen LogP contribution < -0.4 is 16.4 Å². The highest BCUT2D eigenvalue weighted by Crippen LogP contribution is 2.17. The highest BCUT2D eigenvalue weighted by Gasteiger charge is 2.11. The van der Waals surface area contributed by atoms with Crippen molar-refractivity contribution in [2.45, 2.75) is 6.54 Å². The van der Waals surface area contributed by atoms with Gasteiger partial charge in [0, 0.05) is 23.3 Å². The molecule has 110 valence electrons. The Labute approximate surface area is 125 Å². The van der Waals surface area contributed by atoms with E-state index in [4.69, 9.17) is 5.73 Å². The minimum atomic E-state index is -0.578. The van der Waals surface area contributed by atoms with Crippen molar-refractivity contribution in [2.24, 2.45) is 5.73 Å². The number of nitrogens with two attached hydrogens (primary N) is 1. The molecular formula is C13H14N4O3S. The first kappa shape index (κ1) is 14.9. The Morgan fingerprint density at radius 3 is 2.67 bits per heavy atom. The first-order chi connectivity index (χ1) is 10.1. The standard InChI is InChI=1S/C13H14N4O3S/c1-20-13(19)16-9-4-2-3-8(5-9)15-12(18)10-7-21-11(6-14)17-10/h2-5,7H,6,14H2,1H3,(H,15,18)(H,16,19). The molecule has 1 aromatic heterocycles. The zero-order valence-corrected chi connectivity index (χ0v) is 12.1. The SMILES string of the molecule is COC(=O)Nc1cccc(NC(=O)c2csc(CN)n2)c1. The highest BCUT2D eigenvalue weighted by atomic mass is 32.1. The van der Waals surface area contributed by atoms with Crippen molar-refractivity contribution in [3.8, 4) is 0 Å². The number of hydrogen-bond acceptors (Lipinski definition) is 6. The number of thiazole rings is 1. The zero-order valence-electron chi connectivity index (χ0n) is 11.3. The number of carbonyl (C=O) groups is 2. The van der Waals surface area contributed by atoms with Gasteiger partial charge in [0.15, 0.2) is 0 Å². The fourth-order valence-corrected chi connectivity index (χ4v) is 2.20. The second-order valence-electron chi connectivity index (χ2n) is 3.98. The van der Waals surface area contributed by atoms with Gasteiger partial charge in [-0.2, -0.15) is 0 Å². The van der Waals surface area contributed by atoms with E-state index in [9.17, 15) is 9.59 Å². The van der Waals surface area contributed by atoms with Gasteiger partial charge in [0.25, 0.3) is 5.91 Å². The van der Waals surface area contributed by atoms with Crippen LogP contribution in [0.2, 0.25) is 0 Å². The molecule has 0 aliphatic rings. The number of rotatable bonds is 4. The van der Waals surface area contributed by atoms with E-state index in [1.807, 2.05) is 0 Å². The van der Waals surface area contributed by atoms with Gasteiger partial charge in [-0.1, -0.05) is 6.07 Å². The van der Waals surface area contributed by atoms with Gasteiger partial charge >= 0.3 is 6.09 Å². The molecule has 0 atom stereocenters. The smallest absolute Gasteiger partial charge is 0.411 e. The van der Waals surface area contributed by atoms with E-state index >= 15 is 0 Å². The molecule has 1 heterocycles. The molecule has 0 saturated heterocycles. The van der Waals surface area contributed by atoms with Gasteiger partial charge in [0.2, 0.25) is 0 Å². The fraction of sp³-hybridized carbons (Fsp3) is 0.154. The molecule has 8 heteroatoms. The summed E-state index contributed by atoms with van der Waals surface area (Å²) in [5.74, 6) is -0.332. The molecule has 0 saturated carbocycles. The third-order valence-corrected chi connectivity index (χ3v) is 3.38. The number of ether oxygens (including phenoxy) is 1. The van der Waals surface area contributed by atoms with Crippen LogP contribution in [-0.2, 0) is 11.3 Å². The predicted octanol–water partition coefficient (Wildman–Crippen LogP) is 2.03. The Kier molecular flexibility index (Phi) is 4.85. The maximum Gasteiger partial charge on any atom is 0.411 e. The average molecular weight is 306 g/mol. The van der Waals surface area contributed by atoms with Crippen molar-refractivity contribution < 1.29 is 14.3 Å². The van der Waals surface area contributed by atoms with E-state index in [2.05, 4.69) is 20.4 Å². The van der Waals surface area contributed by atoms with E-state index in [1.165, 1.54) is 18.4 Å². The normalized spacial score (nSPS) is 10.0. The number of nitrogens with one attached hydrogen (secondary N) is 2. The molecule has 2 aromatic rings. The summed E-state index contributed by atoms with van der Waals surface area (Å²) in [6.45, 7) is 0.302. The molecule has 1 aromatic carbocycles. The zero-order chi connectivity index (χ0) is 15.2. The Bertz CT molecular complexity index is 656. The van der Waals surface area contributed by atoms with Gasteiger partial charge in [-0.3, -0.25) is 10.1 Å². The molecule has 0 aliphatic carbocycles. The van der Waals surface area contributed by atoms with Crippen LogP contribution >= 0.6 is 11.3 Å². The lowest BCUT2D eigenvalue weighted by atomic mass is 10.2. The second kappa shape index (κ2) is 6.82. The second-order valence-corrected chi connectivity index (χ2v) is 4.92. The highest BCUT2D eigenvalue weighted by molar-refractivity contribution is 7.09. The van der Waals surface area contributed by atoms with Gasteiger partial charge in [-0.15, -0.1) is 11.3 Å². The topological polar surface area (TPSA) is 106 Å². The lowest BCUT2D eigenvalue weighted by molar-refractivity contribution is 0.102. The van der Waals surface area contributed by atoms with Gasteiger partial charge in [0.1, 0.15) is 10.7 Å². The van der Waals surface area contributed by atoms with E-state index in [-0.39, 0.29) is 5.91 Å². The van der Waals surface area contributed by atoms with E-state index in [0.717, 1.165) is 0 Å². The third-order valence-electron chi connectivity index (χ3n) is 2.51. The molecule has 0 fully saturated rings. The Balaban J connectivity index is 2.06. The molecule has 2 amide bonds. The lowest BCUT2D eigenvalue weighted by Crippen LogP contribution is -2.14. The maximum absolute atomic E-state index is 12.0. The van der Waals surface area contributed by atoms with Crippen LogP contribution in [0.25, 0.3) is 0 Å². The molecule has 2 rings (SSSR count). The Hall–Kier alpha value is -2.45. The predicted molar refractivity (Wildman–Crippen MR) is 80.4 cm³/mol. The number of benzene rings is 1. The molecule has 0 radical (unpaired) electrons. The number of nitrogens with zero attached hydrogens (tertiary/aromatic N) is 1. The van der Waals surface area contributed by atoms with Crippen molar-refractivity contribution in [1.29, 1.82) is 0 Å². The minimum Gasteiger partial charge on any atom is -0.453 e. The molecule has 7 nitrogen and oxygen atoms in total. The van der Waals surface area contributed by atoms with Gasteiger partial charge in [-0.25, -0.2) is 9.78 Å². The van der Waals surface area contributed by atoms with E-state index in [1.54, 1.807) is 29.6 Å². The number of amides is 2. The summed E-state index contributed by atoms with van der Waals surface area (Å²) in [6, 6.07) is 6.71. The molecule has 21 heavy (non-hydrogen) atoms. The number of aromatic nitrogens is 1. The van der Waals surface area contributed by atoms with Crippen molar-refractivity contribution >= 4 is 34.7 Å². The summed E-state index contributed by atoms with van der Waals surface area (Å²) in [6.07, 6.45) is -0.578. The monoisotopic (exact) mass is 306 g/mol. The van der Waals surface area contributed by atoms with Crippen molar-refractivity contribution in [3.63, 3.8) is 0 Å². The summed E-state index contributed by atoms with van der Waals surface area (Å²) >= 11 is 1.33. The van der Waals surface area contributed by atoms with Crippen molar-refractivity contribution in [3.05, 3.63) is 40.3 Å². The summed E-state index contributed by atoms with van der Waals surface area (Å²) in [4.78, 5) is 27.2. The summed E-state index contributed by atoms with van der Waals surface area (Å²) in [7, 11) is 1.28. The molecule has 0 spiro atoms. The number of hydrogen-bond donors (Lipinski definition) is 3. The Morgan fingerprint density at radius 1 is 1.33 bits per heavy atom. The number of methoxy groups -OCH3 is 1. The first-order valence-corrected chi connectivity index (χ1v) is 6.91. The third kappa shape index (κ3) is 4.01. The lowest BCUT2D eigenvalue weighted by Gasteiger charge is -2.07. The quantitative estimate of drug-likeness (QED) is 0.801. The van der Waals surface area contributed by atoms with Crippen LogP contribution in [0.4, 0.5) is 16.2 Å². The van der Waals surface area contributed by atoms with Gasteiger partial charge < -0.3 is 15.8 Å². The van der Waals surface area contributed by atoms with Gasteiger partial charge in [-0.05, 0) is 18.2 Å². The van der Waals surface area contributed by atoms with Crippen LogP contribution in [0.5, 0.6) is 0 Å². The maximum atomic E-state index is 12.0.